The van der Waals surface area contributed by atoms with Gasteiger partial charge in [-0.05, 0) is 13.1 Å². The maximum Gasteiger partial charge on any atom is 0.212 e. The quantitative estimate of drug-likeness (QED) is 0.654. The van der Waals surface area contributed by atoms with Gasteiger partial charge in [-0.25, -0.2) is 13.1 Å². The number of aryl methyl sites for hydroxylation is 1. The van der Waals surface area contributed by atoms with E-state index in [1.54, 1.807) is 11.7 Å². The molecule has 0 spiro atoms. The van der Waals surface area contributed by atoms with E-state index in [0.717, 1.165) is 5.69 Å². The van der Waals surface area contributed by atoms with Crippen LogP contribution in [0, 0.1) is 0 Å². The van der Waals surface area contributed by atoms with Crippen molar-refractivity contribution in [3.63, 3.8) is 0 Å². The highest BCUT2D eigenvalue weighted by Gasteiger charge is 2.08. The summed E-state index contributed by atoms with van der Waals surface area (Å²) in [5, 5.41) is 6.96. The van der Waals surface area contributed by atoms with Gasteiger partial charge in [0.25, 0.3) is 0 Å². The number of nitrogens with one attached hydrogen (secondary N) is 2. The van der Waals surface area contributed by atoms with Gasteiger partial charge in [-0.15, -0.1) is 0 Å². The zero-order chi connectivity index (χ0) is 12.0. The molecule has 0 aromatic carbocycles. The standard InChI is InChI=1S/C9H18N4O2S/c1-10-6-8-16(14,15)11-5-3-9-4-7-13(2)12-9/h4,7,10-11H,3,5-6,8H2,1-2H3. The predicted molar refractivity (Wildman–Crippen MR) is 62.6 cm³/mol. The zero-order valence-electron chi connectivity index (χ0n) is 9.60. The Labute approximate surface area is 96.1 Å². The minimum atomic E-state index is -3.15. The molecule has 0 aliphatic heterocycles. The van der Waals surface area contributed by atoms with E-state index in [1.807, 2.05) is 19.3 Å². The molecule has 16 heavy (non-hydrogen) atoms. The maximum absolute atomic E-state index is 11.4. The Balaban J connectivity index is 2.29. The van der Waals surface area contributed by atoms with E-state index in [-0.39, 0.29) is 5.75 Å². The predicted octanol–water partition coefficient (Wildman–Crippen LogP) is -0.899. The van der Waals surface area contributed by atoms with E-state index in [4.69, 9.17) is 0 Å². The van der Waals surface area contributed by atoms with Crippen LogP contribution in [0.25, 0.3) is 0 Å². The van der Waals surface area contributed by atoms with Gasteiger partial charge >= 0.3 is 0 Å². The van der Waals surface area contributed by atoms with Crippen molar-refractivity contribution in [2.75, 3.05) is 25.9 Å². The molecule has 1 rings (SSSR count). The first-order valence-electron chi connectivity index (χ1n) is 5.14. The molecule has 0 aliphatic rings. The van der Waals surface area contributed by atoms with Gasteiger partial charge < -0.3 is 5.32 Å². The molecule has 1 aromatic heterocycles. The molecule has 0 saturated carbocycles. The summed E-state index contributed by atoms with van der Waals surface area (Å²) in [6, 6.07) is 1.88. The van der Waals surface area contributed by atoms with Crippen LogP contribution in [0.3, 0.4) is 0 Å². The molecule has 0 aliphatic carbocycles. The fraction of sp³-hybridized carbons (Fsp3) is 0.667. The number of sulfonamides is 1. The molecule has 0 fully saturated rings. The second kappa shape index (κ2) is 5.97. The van der Waals surface area contributed by atoms with Crippen molar-refractivity contribution >= 4 is 10.0 Å². The molecular weight excluding hydrogens is 228 g/mol. The van der Waals surface area contributed by atoms with Gasteiger partial charge in [0.1, 0.15) is 0 Å². The minimum absolute atomic E-state index is 0.103. The van der Waals surface area contributed by atoms with E-state index in [9.17, 15) is 8.42 Å². The molecule has 0 radical (unpaired) electrons. The third-order valence-electron chi connectivity index (χ3n) is 2.09. The molecular formula is C9H18N4O2S. The molecule has 0 saturated heterocycles. The zero-order valence-corrected chi connectivity index (χ0v) is 10.4. The van der Waals surface area contributed by atoms with Crippen LogP contribution in [-0.4, -0.2) is 44.1 Å². The van der Waals surface area contributed by atoms with Crippen molar-refractivity contribution in [1.82, 2.24) is 19.8 Å². The van der Waals surface area contributed by atoms with Gasteiger partial charge in [0, 0.05) is 32.8 Å². The summed E-state index contributed by atoms with van der Waals surface area (Å²) in [6.07, 6.45) is 2.45. The molecule has 1 aromatic rings. The topological polar surface area (TPSA) is 76.0 Å². The van der Waals surface area contributed by atoms with E-state index in [0.29, 0.717) is 19.5 Å². The highest BCUT2D eigenvalue weighted by molar-refractivity contribution is 7.89. The number of hydrogen-bond acceptors (Lipinski definition) is 4. The fourth-order valence-electron chi connectivity index (χ4n) is 1.24. The number of aromatic nitrogens is 2. The maximum atomic E-state index is 11.4. The van der Waals surface area contributed by atoms with E-state index in [2.05, 4.69) is 15.1 Å². The highest BCUT2D eigenvalue weighted by Crippen LogP contribution is 1.94. The lowest BCUT2D eigenvalue weighted by molar-refractivity contribution is 0.578. The molecule has 1 heterocycles. The lowest BCUT2D eigenvalue weighted by Crippen LogP contribution is -2.32. The van der Waals surface area contributed by atoms with E-state index in [1.165, 1.54) is 0 Å². The number of nitrogens with zero attached hydrogens (tertiary/aromatic N) is 2. The molecule has 6 nitrogen and oxygen atoms in total. The lowest BCUT2D eigenvalue weighted by atomic mass is 10.3. The molecule has 0 unspecified atom stereocenters. The van der Waals surface area contributed by atoms with Gasteiger partial charge in [-0.3, -0.25) is 4.68 Å². The Morgan fingerprint density at radius 3 is 2.75 bits per heavy atom. The fourth-order valence-corrected chi connectivity index (χ4v) is 2.27. The molecule has 2 N–H and O–H groups in total. The smallest absolute Gasteiger partial charge is 0.212 e. The average Bonchev–Trinajstić information content (AvgIpc) is 2.61. The Hall–Kier alpha value is -0.920. The Morgan fingerprint density at radius 2 is 2.19 bits per heavy atom. The van der Waals surface area contributed by atoms with Gasteiger partial charge in [-0.1, -0.05) is 0 Å². The average molecular weight is 246 g/mol. The van der Waals surface area contributed by atoms with Crippen LogP contribution in [0.15, 0.2) is 12.3 Å². The monoisotopic (exact) mass is 246 g/mol. The summed E-state index contributed by atoms with van der Waals surface area (Å²) >= 11 is 0. The van der Waals surface area contributed by atoms with Crippen molar-refractivity contribution in [2.45, 2.75) is 6.42 Å². The van der Waals surface area contributed by atoms with Gasteiger partial charge in [-0.2, -0.15) is 5.10 Å². The third kappa shape index (κ3) is 4.73. The van der Waals surface area contributed by atoms with Crippen LogP contribution >= 0.6 is 0 Å². The van der Waals surface area contributed by atoms with Crippen molar-refractivity contribution in [3.05, 3.63) is 18.0 Å². The highest BCUT2D eigenvalue weighted by atomic mass is 32.2. The normalized spacial score (nSPS) is 11.9. The Morgan fingerprint density at radius 1 is 1.44 bits per heavy atom. The summed E-state index contributed by atoms with van der Waals surface area (Å²) in [4.78, 5) is 0. The summed E-state index contributed by atoms with van der Waals surface area (Å²) in [5.74, 6) is 0.103. The van der Waals surface area contributed by atoms with Crippen LogP contribution in [0.2, 0.25) is 0 Å². The van der Waals surface area contributed by atoms with E-state index < -0.39 is 10.0 Å². The van der Waals surface area contributed by atoms with Crippen LogP contribution in [0.5, 0.6) is 0 Å². The first-order chi connectivity index (χ1) is 7.53. The van der Waals surface area contributed by atoms with Crippen molar-refractivity contribution in [2.24, 2.45) is 7.05 Å². The van der Waals surface area contributed by atoms with Crippen LogP contribution < -0.4 is 10.0 Å². The minimum Gasteiger partial charge on any atom is -0.319 e. The Bertz CT molecular complexity index is 413. The molecule has 0 atom stereocenters. The summed E-state index contributed by atoms with van der Waals surface area (Å²) in [7, 11) is 0.405. The largest absolute Gasteiger partial charge is 0.319 e. The van der Waals surface area contributed by atoms with Crippen LogP contribution in [0.4, 0.5) is 0 Å². The summed E-state index contributed by atoms with van der Waals surface area (Å²) < 4.78 is 27.1. The first kappa shape index (κ1) is 13.1. The molecule has 0 bridgehead atoms. The SMILES string of the molecule is CNCCS(=O)(=O)NCCc1ccn(C)n1. The summed E-state index contributed by atoms with van der Waals surface area (Å²) in [5.41, 5.74) is 0.888. The van der Waals surface area contributed by atoms with Crippen molar-refractivity contribution in [1.29, 1.82) is 0 Å². The second-order valence-corrected chi connectivity index (χ2v) is 5.47. The summed E-state index contributed by atoms with van der Waals surface area (Å²) in [6.45, 7) is 0.849. The van der Waals surface area contributed by atoms with Crippen molar-refractivity contribution in [3.8, 4) is 0 Å². The van der Waals surface area contributed by atoms with E-state index >= 15 is 0 Å². The molecule has 92 valence electrons. The molecule has 0 amide bonds. The van der Waals surface area contributed by atoms with Crippen LogP contribution in [-0.2, 0) is 23.5 Å². The van der Waals surface area contributed by atoms with Crippen LogP contribution in [0.1, 0.15) is 5.69 Å². The second-order valence-electron chi connectivity index (χ2n) is 3.55. The van der Waals surface area contributed by atoms with Gasteiger partial charge in [0.15, 0.2) is 0 Å². The Kier molecular flexibility index (Phi) is 4.91. The number of hydrogen-bond donors (Lipinski definition) is 2. The number of rotatable bonds is 7. The first-order valence-corrected chi connectivity index (χ1v) is 6.79. The molecule has 7 heteroatoms. The third-order valence-corrected chi connectivity index (χ3v) is 3.48. The van der Waals surface area contributed by atoms with Crippen molar-refractivity contribution < 1.29 is 8.42 Å². The van der Waals surface area contributed by atoms with Gasteiger partial charge in [0.2, 0.25) is 10.0 Å². The lowest BCUT2D eigenvalue weighted by Gasteiger charge is -2.04. The van der Waals surface area contributed by atoms with Gasteiger partial charge in [0.05, 0.1) is 11.4 Å².